The number of hydroxylamine groups is 2. The molecule has 4 aromatic carbocycles. The Hall–Kier alpha value is -4.82. The lowest BCUT2D eigenvalue weighted by molar-refractivity contribution is -0.258. The highest BCUT2D eigenvalue weighted by atomic mass is 16.7. The topological polar surface area (TPSA) is 94.5 Å². The lowest BCUT2D eigenvalue weighted by Crippen LogP contribution is -2.62. The van der Waals surface area contributed by atoms with Gasteiger partial charge < -0.3 is 19.3 Å². The fraction of sp³-hybridized carbons (Fsp3) is 0.188. The van der Waals surface area contributed by atoms with Gasteiger partial charge in [-0.3, -0.25) is 9.63 Å². The third-order valence-corrected chi connectivity index (χ3v) is 7.08. The highest BCUT2D eigenvalue weighted by molar-refractivity contribution is 5.98. The molecule has 1 aliphatic rings. The molecule has 0 radical (unpaired) electrons. The SMILES string of the molecule is COc1ccc(CC(Oc2ccccc2)(C(=O)O)N(OC)C(=O)C2c3ccccc3-c3ccccc32)c(OC)c1. The summed E-state index contributed by atoms with van der Waals surface area (Å²) < 4.78 is 17.1. The van der Waals surface area contributed by atoms with Gasteiger partial charge in [0.25, 0.3) is 5.91 Å². The molecule has 0 spiro atoms. The third kappa shape index (κ3) is 4.63. The summed E-state index contributed by atoms with van der Waals surface area (Å²) in [5.41, 5.74) is 1.52. The van der Waals surface area contributed by atoms with Gasteiger partial charge in [0.15, 0.2) is 0 Å². The molecule has 40 heavy (non-hydrogen) atoms. The number of ether oxygens (including phenoxy) is 3. The van der Waals surface area contributed by atoms with Crippen molar-refractivity contribution < 1.29 is 33.7 Å². The first kappa shape index (κ1) is 26.8. The molecule has 0 bridgehead atoms. The van der Waals surface area contributed by atoms with Crippen molar-refractivity contribution in [2.75, 3.05) is 21.3 Å². The number of rotatable bonds is 10. The number of aliphatic carboxylic acids is 1. The van der Waals surface area contributed by atoms with Gasteiger partial charge in [0.2, 0.25) is 0 Å². The maximum Gasteiger partial charge on any atom is 0.372 e. The molecule has 1 N–H and O–H groups in total. The minimum absolute atomic E-state index is 0.249. The first-order valence-corrected chi connectivity index (χ1v) is 12.7. The summed E-state index contributed by atoms with van der Waals surface area (Å²) in [4.78, 5) is 33.5. The second kappa shape index (κ2) is 11.1. The Bertz CT molecular complexity index is 1490. The fourth-order valence-corrected chi connectivity index (χ4v) is 5.25. The van der Waals surface area contributed by atoms with Crippen molar-refractivity contribution >= 4 is 11.9 Å². The van der Waals surface area contributed by atoms with E-state index in [1.54, 1.807) is 48.5 Å². The second-order valence-corrected chi connectivity index (χ2v) is 9.28. The van der Waals surface area contributed by atoms with Crippen LogP contribution in [0.15, 0.2) is 97.1 Å². The minimum atomic E-state index is -2.30. The van der Waals surface area contributed by atoms with Gasteiger partial charge in [-0.05, 0) is 40.5 Å². The van der Waals surface area contributed by atoms with E-state index >= 15 is 0 Å². The molecule has 0 heterocycles. The lowest BCUT2D eigenvalue weighted by Gasteiger charge is -2.39. The van der Waals surface area contributed by atoms with Crippen molar-refractivity contribution in [1.29, 1.82) is 0 Å². The third-order valence-electron chi connectivity index (χ3n) is 7.08. The van der Waals surface area contributed by atoms with E-state index in [4.69, 9.17) is 19.0 Å². The number of carbonyl (C=O) groups excluding carboxylic acids is 1. The average Bonchev–Trinajstić information content (AvgIpc) is 3.32. The number of fused-ring (bicyclic) bond motifs is 3. The van der Waals surface area contributed by atoms with Gasteiger partial charge in [-0.1, -0.05) is 72.8 Å². The van der Waals surface area contributed by atoms with Crippen LogP contribution in [0, 0.1) is 0 Å². The van der Waals surface area contributed by atoms with Crippen LogP contribution in [0.25, 0.3) is 11.1 Å². The van der Waals surface area contributed by atoms with Crippen LogP contribution in [0.1, 0.15) is 22.6 Å². The van der Waals surface area contributed by atoms with E-state index in [0.717, 1.165) is 27.3 Å². The number of nitrogens with zero attached hydrogens (tertiary/aromatic N) is 1. The molecule has 204 valence electrons. The molecule has 0 aromatic heterocycles. The zero-order chi connectivity index (χ0) is 28.3. The first-order chi connectivity index (χ1) is 19.4. The Morgan fingerprint density at radius 3 is 1.93 bits per heavy atom. The van der Waals surface area contributed by atoms with Crippen molar-refractivity contribution in [1.82, 2.24) is 5.06 Å². The molecule has 0 saturated carbocycles. The summed E-state index contributed by atoms with van der Waals surface area (Å²) in [6, 6.07) is 28.7. The zero-order valence-electron chi connectivity index (χ0n) is 22.4. The highest BCUT2D eigenvalue weighted by Crippen LogP contribution is 2.46. The van der Waals surface area contributed by atoms with E-state index in [2.05, 4.69) is 0 Å². The number of amides is 1. The largest absolute Gasteiger partial charge is 0.497 e. The number of para-hydroxylation sites is 1. The highest BCUT2D eigenvalue weighted by Gasteiger charge is 2.54. The average molecular weight is 540 g/mol. The van der Waals surface area contributed by atoms with Gasteiger partial charge >= 0.3 is 11.7 Å². The molecule has 1 aliphatic carbocycles. The number of methoxy groups -OCH3 is 2. The maximum atomic E-state index is 14.5. The smallest absolute Gasteiger partial charge is 0.372 e. The van der Waals surface area contributed by atoms with Crippen molar-refractivity contribution in [2.24, 2.45) is 0 Å². The van der Waals surface area contributed by atoms with Crippen LogP contribution < -0.4 is 14.2 Å². The molecule has 5 rings (SSSR count). The predicted molar refractivity (Wildman–Crippen MR) is 148 cm³/mol. The summed E-state index contributed by atoms with van der Waals surface area (Å²) in [6.45, 7) is 0. The van der Waals surface area contributed by atoms with Gasteiger partial charge in [0.1, 0.15) is 17.2 Å². The molecular formula is C32H29NO7. The van der Waals surface area contributed by atoms with E-state index in [1.807, 2.05) is 48.5 Å². The molecule has 8 heteroatoms. The Kier molecular flexibility index (Phi) is 7.44. The molecule has 1 amide bonds. The van der Waals surface area contributed by atoms with Gasteiger partial charge in [-0.15, -0.1) is 0 Å². The summed E-state index contributed by atoms with van der Waals surface area (Å²) >= 11 is 0. The molecular weight excluding hydrogens is 510 g/mol. The lowest BCUT2D eigenvalue weighted by atomic mass is 9.93. The molecule has 1 unspecified atom stereocenters. The minimum Gasteiger partial charge on any atom is -0.497 e. The van der Waals surface area contributed by atoms with Crippen LogP contribution in [-0.4, -0.2) is 49.1 Å². The number of benzene rings is 4. The van der Waals surface area contributed by atoms with Gasteiger partial charge in [-0.2, -0.15) is 5.06 Å². The van der Waals surface area contributed by atoms with Crippen LogP contribution in [-0.2, 0) is 20.8 Å². The molecule has 8 nitrogen and oxygen atoms in total. The quantitative estimate of drug-likeness (QED) is 0.216. The van der Waals surface area contributed by atoms with Crippen molar-refractivity contribution in [2.45, 2.75) is 18.1 Å². The Morgan fingerprint density at radius 1 is 0.775 bits per heavy atom. The number of carbonyl (C=O) groups is 2. The number of hydrogen-bond donors (Lipinski definition) is 1. The van der Waals surface area contributed by atoms with Crippen LogP contribution >= 0.6 is 0 Å². The van der Waals surface area contributed by atoms with Crippen LogP contribution in [0.4, 0.5) is 0 Å². The Balaban J connectivity index is 1.66. The van der Waals surface area contributed by atoms with Crippen molar-refractivity contribution in [3.05, 3.63) is 114 Å². The number of hydrogen-bond acceptors (Lipinski definition) is 6. The van der Waals surface area contributed by atoms with E-state index in [9.17, 15) is 14.7 Å². The van der Waals surface area contributed by atoms with Crippen LogP contribution in [0.3, 0.4) is 0 Å². The molecule has 0 aliphatic heterocycles. The van der Waals surface area contributed by atoms with Crippen LogP contribution in [0.2, 0.25) is 0 Å². The van der Waals surface area contributed by atoms with E-state index < -0.39 is 23.5 Å². The standard InChI is InChI=1S/C32H29NO7/c1-37-23-18-17-21(28(19-23)38-2)20-32(31(35)36,40-22-11-5-4-6-12-22)33(39-3)30(34)29-26-15-9-7-13-24(26)25-14-8-10-16-27(25)29/h4-19,29H,20H2,1-3H3,(H,35,36). The van der Waals surface area contributed by atoms with E-state index in [1.165, 1.54) is 21.3 Å². The zero-order valence-corrected chi connectivity index (χ0v) is 22.4. The molecule has 0 saturated heterocycles. The van der Waals surface area contributed by atoms with E-state index in [-0.39, 0.29) is 12.2 Å². The van der Waals surface area contributed by atoms with Gasteiger partial charge in [0, 0.05) is 18.1 Å². The predicted octanol–water partition coefficient (Wildman–Crippen LogP) is 5.31. The van der Waals surface area contributed by atoms with Gasteiger partial charge in [0.05, 0.1) is 27.2 Å². The van der Waals surface area contributed by atoms with Gasteiger partial charge in [-0.25, -0.2) is 4.79 Å². The molecule has 1 atom stereocenters. The van der Waals surface area contributed by atoms with Crippen molar-refractivity contribution in [3.63, 3.8) is 0 Å². The Labute approximate surface area is 232 Å². The van der Waals surface area contributed by atoms with E-state index in [0.29, 0.717) is 17.1 Å². The van der Waals surface area contributed by atoms with Crippen molar-refractivity contribution in [3.8, 4) is 28.4 Å². The van der Waals surface area contributed by atoms with Crippen LogP contribution in [0.5, 0.6) is 17.2 Å². The monoisotopic (exact) mass is 539 g/mol. The second-order valence-electron chi connectivity index (χ2n) is 9.28. The molecule has 0 fully saturated rings. The molecule has 4 aromatic rings. The summed E-state index contributed by atoms with van der Waals surface area (Å²) in [7, 11) is 4.27. The number of carboxylic acids is 1. The first-order valence-electron chi connectivity index (χ1n) is 12.7. The summed E-state index contributed by atoms with van der Waals surface area (Å²) in [5.74, 6) is -1.64. The normalized spacial score (nSPS) is 13.5. The summed E-state index contributed by atoms with van der Waals surface area (Å²) in [5, 5.41) is 11.7. The fourth-order valence-electron chi connectivity index (χ4n) is 5.25. The maximum absolute atomic E-state index is 14.5. The number of carboxylic acid groups (broad SMARTS) is 1. The Morgan fingerprint density at radius 2 is 1.38 bits per heavy atom. The summed E-state index contributed by atoms with van der Waals surface area (Å²) in [6.07, 6.45) is -0.292.